The average molecular weight is 277 g/mol. The highest BCUT2D eigenvalue weighted by atomic mass is 15.6. The number of anilines is 1. The molecule has 106 valence electrons. The van der Waals surface area contributed by atoms with Crippen LogP contribution in [0.25, 0.3) is 0 Å². The molecule has 0 atom stereocenters. The maximum absolute atomic E-state index is 4.67. The maximum Gasteiger partial charge on any atom is 0.0836 e. The van der Waals surface area contributed by atoms with E-state index in [1.807, 2.05) is 30.5 Å². The van der Waals surface area contributed by atoms with Crippen LogP contribution < -0.4 is 5.01 Å². The maximum atomic E-state index is 4.67. The zero-order valence-corrected chi connectivity index (χ0v) is 12.4. The van der Waals surface area contributed by atoms with E-state index in [1.54, 1.807) is 0 Å². The van der Waals surface area contributed by atoms with Crippen molar-refractivity contribution < 1.29 is 0 Å². The Morgan fingerprint density at radius 1 is 0.952 bits per heavy atom. The predicted octanol–water partition coefficient (Wildman–Crippen LogP) is 3.70. The summed E-state index contributed by atoms with van der Waals surface area (Å²) in [6.07, 6.45) is 1.93. The van der Waals surface area contributed by atoms with E-state index in [0.717, 1.165) is 17.8 Å². The lowest BCUT2D eigenvalue weighted by Gasteiger charge is -2.29. The second-order valence-corrected chi connectivity index (χ2v) is 5.12. The normalized spacial score (nSPS) is 15.3. The highest BCUT2D eigenvalue weighted by molar-refractivity contribution is 5.80. The van der Waals surface area contributed by atoms with Gasteiger partial charge in [-0.25, -0.2) is 0 Å². The quantitative estimate of drug-likeness (QED) is 0.797. The summed E-state index contributed by atoms with van der Waals surface area (Å²) in [4.78, 5) is 4.67. The number of hydrogen-bond donors (Lipinski definition) is 0. The van der Waals surface area contributed by atoms with Gasteiger partial charge < -0.3 is 0 Å². The van der Waals surface area contributed by atoms with Crippen LogP contribution in [0.5, 0.6) is 0 Å². The summed E-state index contributed by atoms with van der Waals surface area (Å²) in [5.74, 6) is 0. The van der Waals surface area contributed by atoms with E-state index in [-0.39, 0.29) is 0 Å². The summed E-state index contributed by atoms with van der Waals surface area (Å²) < 4.78 is 0. The minimum Gasteiger partial charge on any atom is -0.291 e. The largest absolute Gasteiger partial charge is 0.291 e. The van der Waals surface area contributed by atoms with Gasteiger partial charge in [0.2, 0.25) is 0 Å². The molecule has 1 aliphatic heterocycles. The van der Waals surface area contributed by atoms with Gasteiger partial charge in [0.05, 0.1) is 23.6 Å². The van der Waals surface area contributed by atoms with Crippen molar-refractivity contribution in [3.05, 3.63) is 77.6 Å². The summed E-state index contributed by atoms with van der Waals surface area (Å²) in [6, 6.07) is 20.6. The summed E-state index contributed by atoms with van der Waals surface area (Å²) in [7, 11) is 2.08. The highest BCUT2D eigenvalue weighted by Crippen LogP contribution is 2.27. The molecule has 1 heterocycles. The van der Waals surface area contributed by atoms with Crippen LogP contribution in [0.1, 0.15) is 12.5 Å². The average Bonchev–Trinajstić information content (AvgIpc) is 2.83. The molecule has 0 bridgehead atoms. The Morgan fingerprint density at radius 2 is 1.57 bits per heavy atom. The molecule has 2 aromatic carbocycles. The predicted molar refractivity (Wildman–Crippen MR) is 88.3 cm³/mol. The summed E-state index contributed by atoms with van der Waals surface area (Å²) in [6.45, 7) is 2.91. The number of rotatable bonds is 3. The van der Waals surface area contributed by atoms with Crippen molar-refractivity contribution in [1.82, 2.24) is 5.01 Å². The number of hydrogen-bond acceptors (Lipinski definition) is 3. The number of nitrogens with zero attached hydrogens (tertiary/aromatic N) is 3. The molecule has 0 N–H and O–H groups in total. The Hall–Kier alpha value is -2.55. The van der Waals surface area contributed by atoms with Crippen molar-refractivity contribution in [1.29, 1.82) is 0 Å². The van der Waals surface area contributed by atoms with E-state index in [4.69, 9.17) is 0 Å². The van der Waals surface area contributed by atoms with Crippen LogP contribution in [0, 0.1) is 0 Å². The molecule has 0 spiro atoms. The Labute approximate surface area is 125 Å². The van der Waals surface area contributed by atoms with E-state index in [2.05, 4.69) is 65.4 Å². The van der Waals surface area contributed by atoms with Crippen LogP contribution >= 0.6 is 0 Å². The zero-order chi connectivity index (χ0) is 14.7. The molecule has 3 rings (SSSR count). The van der Waals surface area contributed by atoms with Gasteiger partial charge in [-0.15, -0.1) is 0 Å². The van der Waals surface area contributed by atoms with E-state index in [9.17, 15) is 0 Å². The van der Waals surface area contributed by atoms with Crippen LogP contribution in [0.2, 0.25) is 0 Å². The van der Waals surface area contributed by atoms with E-state index < -0.39 is 0 Å². The van der Waals surface area contributed by atoms with Crippen LogP contribution in [0.3, 0.4) is 0 Å². The van der Waals surface area contributed by atoms with Gasteiger partial charge in [-0.05, 0) is 24.6 Å². The topological polar surface area (TPSA) is 18.8 Å². The van der Waals surface area contributed by atoms with Gasteiger partial charge in [0, 0.05) is 13.3 Å². The summed E-state index contributed by atoms with van der Waals surface area (Å²) in [5.41, 5.74) is 4.60. The lowest BCUT2D eigenvalue weighted by molar-refractivity contribution is 0.422. The SMILES string of the molecule is CC1=C(N=Cc2ccccc2)CN(c2ccccc2)N1C. The minimum absolute atomic E-state index is 0.801. The van der Waals surface area contributed by atoms with Gasteiger partial charge in [0.15, 0.2) is 0 Å². The third-order valence-corrected chi connectivity index (χ3v) is 3.79. The molecule has 0 amide bonds. The minimum atomic E-state index is 0.801. The fourth-order valence-electron chi connectivity index (χ4n) is 2.42. The van der Waals surface area contributed by atoms with Crippen LogP contribution in [-0.4, -0.2) is 24.8 Å². The first-order valence-electron chi connectivity index (χ1n) is 7.11. The van der Waals surface area contributed by atoms with Gasteiger partial charge in [-0.3, -0.25) is 15.0 Å². The molecule has 0 unspecified atom stereocenters. The van der Waals surface area contributed by atoms with E-state index in [0.29, 0.717) is 0 Å². The first-order chi connectivity index (χ1) is 10.3. The van der Waals surface area contributed by atoms with Crippen LogP contribution in [0.15, 0.2) is 77.1 Å². The monoisotopic (exact) mass is 277 g/mol. The molecule has 0 aliphatic carbocycles. The Morgan fingerprint density at radius 3 is 2.24 bits per heavy atom. The number of aliphatic imine (C=N–C) groups is 1. The number of hydrazine groups is 1. The number of allylic oxidation sites excluding steroid dienone is 1. The van der Waals surface area contributed by atoms with Gasteiger partial charge in [-0.1, -0.05) is 48.5 Å². The molecule has 0 aromatic heterocycles. The van der Waals surface area contributed by atoms with Crippen molar-refractivity contribution in [3.63, 3.8) is 0 Å². The van der Waals surface area contributed by atoms with Crippen molar-refractivity contribution in [3.8, 4) is 0 Å². The molecular weight excluding hydrogens is 258 g/mol. The van der Waals surface area contributed by atoms with E-state index >= 15 is 0 Å². The van der Waals surface area contributed by atoms with Gasteiger partial charge in [0.1, 0.15) is 0 Å². The van der Waals surface area contributed by atoms with Gasteiger partial charge in [0.25, 0.3) is 0 Å². The molecule has 0 saturated carbocycles. The van der Waals surface area contributed by atoms with Crippen molar-refractivity contribution in [2.45, 2.75) is 6.92 Å². The van der Waals surface area contributed by atoms with Crippen molar-refractivity contribution in [2.75, 3.05) is 18.6 Å². The first kappa shape index (κ1) is 13.4. The second kappa shape index (κ2) is 5.83. The van der Waals surface area contributed by atoms with Gasteiger partial charge >= 0.3 is 0 Å². The lowest BCUT2D eigenvalue weighted by atomic mass is 10.2. The summed E-state index contributed by atoms with van der Waals surface area (Å²) >= 11 is 0. The smallest absolute Gasteiger partial charge is 0.0836 e. The molecule has 0 radical (unpaired) electrons. The van der Waals surface area contributed by atoms with Crippen LogP contribution in [0.4, 0.5) is 5.69 Å². The Kier molecular flexibility index (Phi) is 3.73. The summed E-state index contributed by atoms with van der Waals surface area (Å²) in [5, 5.41) is 4.39. The van der Waals surface area contributed by atoms with Crippen LogP contribution in [-0.2, 0) is 0 Å². The molecule has 0 saturated heterocycles. The standard InChI is InChI=1S/C18H19N3/c1-15-18(19-13-16-9-5-3-6-10-16)14-21(20(15)2)17-11-7-4-8-12-17/h3-13H,14H2,1-2H3. The first-order valence-corrected chi connectivity index (χ1v) is 7.11. The number of para-hydroxylation sites is 1. The highest BCUT2D eigenvalue weighted by Gasteiger charge is 2.24. The molecule has 3 nitrogen and oxygen atoms in total. The molecule has 1 aliphatic rings. The van der Waals surface area contributed by atoms with Crippen molar-refractivity contribution >= 4 is 11.9 Å². The molecule has 0 fully saturated rings. The third-order valence-electron chi connectivity index (χ3n) is 3.79. The van der Waals surface area contributed by atoms with Crippen molar-refractivity contribution in [2.24, 2.45) is 4.99 Å². The number of benzene rings is 2. The molecule has 21 heavy (non-hydrogen) atoms. The lowest BCUT2D eigenvalue weighted by Crippen LogP contribution is -2.33. The molecular formula is C18H19N3. The Balaban J connectivity index is 1.80. The molecule has 2 aromatic rings. The Bertz CT molecular complexity index is 659. The second-order valence-electron chi connectivity index (χ2n) is 5.12. The fourth-order valence-corrected chi connectivity index (χ4v) is 2.42. The van der Waals surface area contributed by atoms with E-state index in [1.165, 1.54) is 11.4 Å². The zero-order valence-electron chi connectivity index (χ0n) is 12.4. The third kappa shape index (κ3) is 2.82. The molecule has 3 heteroatoms. The van der Waals surface area contributed by atoms with Gasteiger partial charge in [-0.2, -0.15) is 0 Å². The fraction of sp³-hybridized carbons (Fsp3) is 0.167.